The third kappa shape index (κ3) is 2.84. The van der Waals surface area contributed by atoms with Gasteiger partial charge in [0, 0.05) is 26.7 Å². The Morgan fingerprint density at radius 2 is 2.25 bits per heavy atom. The lowest BCUT2D eigenvalue weighted by molar-refractivity contribution is -0.119. The van der Waals surface area contributed by atoms with Crippen LogP contribution in [0.4, 0.5) is 5.82 Å². The molecule has 1 atom stereocenters. The van der Waals surface area contributed by atoms with E-state index in [2.05, 4.69) is 10.5 Å². The van der Waals surface area contributed by atoms with E-state index in [0.29, 0.717) is 31.0 Å². The average Bonchev–Trinajstić information content (AvgIpc) is 2.97. The van der Waals surface area contributed by atoms with Crippen LogP contribution >= 0.6 is 0 Å². The van der Waals surface area contributed by atoms with Gasteiger partial charge in [0.15, 0.2) is 5.82 Å². The number of aromatic nitrogens is 1. The number of hydrogen-bond acceptors (Lipinski definition) is 5. The highest BCUT2D eigenvalue weighted by molar-refractivity contribution is 7.86. The summed E-state index contributed by atoms with van der Waals surface area (Å²) in [4.78, 5) is 12.2. The predicted molar refractivity (Wildman–Crippen MR) is 72.2 cm³/mol. The molecule has 1 aromatic heterocycles. The molecule has 2 heterocycles. The van der Waals surface area contributed by atoms with Gasteiger partial charge in [-0.1, -0.05) is 5.16 Å². The van der Waals surface area contributed by atoms with E-state index in [1.54, 1.807) is 13.0 Å². The van der Waals surface area contributed by atoms with Gasteiger partial charge in [-0.05, 0) is 19.8 Å². The molecule has 2 rings (SSSR count). The Kier molecular flexibility index (Phi) is 4.11. The highest BCUT2D eigenvalue weighted by Gasteiger charge is 2.39. The maximum Gasteiger partial charge on any atom is 0.282 e. The minimum atomic E-state index is -3.60. The van der Waals surface area contributed by atoms with Crippen molar-refractivity contribution in [1.29, 1.82) is 0 Å². The van der Waals surface area contributed by atoms with Gasteiger partial charge in [0.05, 0.1) is 0 Å². The predicted octanol–water partition coefficient (Wildman–Crippen LogP) is 0.192. The third-order valence-corrected chi connectivity index (χ3v) is 5.10. The van der Waals surface area contributed by atoms with E-state index in [4.69, 9.17) is 4.52 Å². The van der Waals surface area contributed by atoms with Gasteiger partial charge in [-0.3, -0.25) is 4.79 Å². The van der Waals surface area contributed by atoms with E-state index in [0.717, 1.165) is 4.31 Å². The number of aryl methyl sites for hydroxylation is 1. The summed E-state index contributed by atoms with van der Waals surface area (Å²) >= 11 is 0. The summed E-state index contributed by atoms with van der Waals surface area (Å²) in [5, 5.41) is 6.24. The van der Waals surface area contributed by atoms with Gasteiger partial charge >= 0.3 is 0 Å². The van der Waals surface area contributed by atoms with Crippen LogP contribution in [0.15, 0.2) is 10.6 Å². The first-order valence-corrected chi connectivity index (χ1v) is 7.65. The van der Waals surface area contributed by atoms with Crippen molar-refractivity contribution in [3.8, 4) is 0 Å². The monoisotopic (exact) mass is 302 g/mol. The minimum Gasteiger partial charge on any atom is -0.360 e. The number of rotatable bonds is 4. The molecule has 0 bridgehead atoms. The summed E-state index contributed by atoms with van der Waals surface area (Å²) in [7, 11) is -0.700. The number of anilines is 1. The van der Waals surface area contributed by atoms with Crippen molar-refractivity contribution >= 4 is 21.9 Å². The number of nitrogens with zero attached hydrogens (tertiary/aromatic N) is 3. The highest BCUT2D eigenvalue weighted by atomic mass is 32.2. The first-order chi connectivity index (χ1) is 9.32. The molecule has 1 N–H and O–H groups in total. The molecule has 8 nitrogen and oxygen atoms in total. The van der Waals surface area contributed by atoms with E-state index < -0.39 is 16.3 Å². The maximum atomic E-state index is 12.2. The molecule has 1 fully saturated rings. The Hall–Kier alpha value is -1.45. The largest absolute Gasteiger partial charge is 0.360 e. The summed E-state index contributed by atoms with van der Waals surface area (Å²) in [6, 6.07) is 0.872. The topological polar surface area (TPSA) is 95.8 Å². The number of carbonyl (C=O) groups is 1. The fourth-order valence-corrected chi connectivity index (χ4v) is 3.42. The lowest BCUT2D eigenvalue weighted by Crippen LogP contribution is -2.47. The molecule has 0 aromatic carbocycles. The van der Waals surface area contributed by atoms with Crippen molar-refractivity contribution in [3.63, 3.8) is 0 Å². The fourth-order valence-electron chi connectivity index (χ4n) is 2.12. The first-order valence-electron chi connectivity index (χ1n) is 6.26. The van der Waals surface area contributed by atoms with Gasteiger partial charge in [0.1, 0.15) is 11.8 Å². The van der Waals surface area contributed by atoms with Gasteiger partial charge in [-0.2, -0.15) is 17.0 Å². The van der Waals surface area contributed by atoms with Crippen molar-refractivity contribution < 1.29 is 17.7 Å². The molecule has 1 amide bonds. The molecule has 1 saturated heterocycles. The number of carbonyl (C=O) groups excluding carboxylic acids is 1. The zero-order valence-corrected chi connectivity index (χ0v) is 12.5. The van der Waals surface area contributed by atoms with Crippen LogP contribution in [0.1, 0.15) is 18.6 Å². The second-order valence-corrected chi connectivity index (χ2v) is 6.97. The van der Waals surface area contributed by atoms with Crippen LogP contribution in [0.5, 0.6) is 0 Å². The standard InChI is InChI=1S/C11H18N4O4S/c1-8-7-10(13-19-8)12-11(16)9-5-4-6-15(9)20(17,18)14(2)3/h7,9H,4-6H2,1-3H3,(H,12,13,16)/t9-/m1/s1. The lowest BCUT2D eigenvalue weighted by atomic mass is 10.2. The van der Waals surface area contributed by atoms with Crippen molar-refractivity contribution in [3.05, 3.63) is 11.8 Å². The molecule has 0 spiro atoms. The summed E-state index contributed by atoms with van der Waals surface area (Å²) in [6.45, 7) is 2.05. The zero-order valence-electron chi connectivity index (χ0n) is 11.7. The van der Waals surface area contributed by atoms with E-state index in [-0.39, 0.29) is 5.91 Å². The van der Waals surface area contributed by atoms with Crippen molar-refractivity contribution in [1.82, 2.24) is 13.8 Å². The van der Waals surface area contributed by atoms with Gasteiger partial charge in [-0.15, -0.1) is 0 Å². The van der Waals surface area contributed by atoms with Crippen LogP contribution < -0.4 is 5.32 Å². The third-order valence-electron chi connectivity index (χ3n) is 3.14. The molecule has 20 heavy (non-hydrogen) atoms. The normalized spacial score (nSPS) is 20.5. The summed E-state index contributed by atoms with van der Waals surface area (Å²) in [6.07, 6.45) is 1.15. The Labute approximate surface area is 117 Å². The molecule has 9 heteroatoms. The van der Waals surface area contributed by atoms with Crippen molar-refractivity contribution in [2.45, 2.75) is 25.8 Å². The quantitative estimate of drug-likeness (QED) is 0.856. The van der Waals surface area contributed by atoms with E-state index >= 15 is 0 Å². The number of hydrogen-bond donors (Lipinski definition) is 1. The van der Waals surface area contributed by atoms with Crippen LogP contribution in [0.2, 0.25) is 0 Å². The average molecular weight is 302 g/mol. The molecule has 0 unspecified atom stereocenters. The molecular weight excluding hydrogens is 284 g/mol. The highest BCUT2D eigenvalue weighted by Crippen LogP contribution is 2.23. The second-order valence-electron chi connectivity index (χ2n) is 4.87. The summed E-state index contributed by atoms with van der Waals surface area (Å²) in [5.41, 5.74) is 0. The number of nitrogens with one attached hydrogen (secondary N) is 1. The molecule has 1 aromatic rings. The smallest absolute Gasteiger partial charge is 0.282 e. The molecule has 1 aliphatic rings. The SMILES string of the molecule is Cc1cc(NC(=O)[C@H]2CCCN2S(=O)(=O)N(C)C)no1. The Balaban J connectivity index is 2.13. The van der Waals surface area contributed by atoms with Crippen molar-refractivity contribution in [2.24, 2.45) is 0 Å². The van der Waals surface area contributed by atoms with Gasteiger partial charge in [0.2, 0.25) is 5.91 Å². The van der Waals surface area contributed by atoms with Gasteiger partial charge in [-0.25, -0.2) is 0 Å². The van der Waals surface area contributed by atoms with Gasteiger partial charge < -0.3 is 9.84 Å². The first kappa shape index (κ1) is 14.9. The van der Waals surface area contributed by atoms with Gasteiger partial charge in [0.25, 0.3) is 10.2 Å². The molecule has 0 radical (unpaired) electrons. The summed E-state index contributed by atoms with van der Waals surface area (Å²) < 4.78 is 31.5. The van der Waals surface area contributed by atoms with Crippen LogP contribution in [-0.4, -0.2) is 54.8 Å². The molecule has 1 aliphatic heterocycles. The molecular formula is C11H18N4O4S. The molecule has 112 valence electrons. The Morgan fingerprint density at radius 3 is 2.80 bits per heavy atom. The number of amides is 1. The molecule has 0 aliphatic carbocycles. The Bertz CT molecular complexity index is 595. The zero-order chi connectivity index (χ0) is 14.9. The van der Waals surface area contributed by atoms with Crippen LogP contribution in [-0.2, 0) is 15.0 Å². The lowest BCUT2D eigenvalue weighted by Gasteiger charge is -2.25. The van der Waals surface area contributed by atoms with Crippen LogP contribution in [0.25, 0.3) is 0 Å². The van der Waals surface area contributed by atoms with E-state index in [1.807, 2.05) is 0 Å². The Morgan fingerprint density at radius 1 is 1.55 bits per heavy atom. The minimum absolute atomic E-state index is 0.293. The van der Waals surface area contributed by atoms with E-state index in [1.165, 1.54) is 18.4 Å². The summed E-state index contributed by atoms with van der Waals surface area (Å²) in [5.74, 6) is 0.479. The fraction of sp³-hybridized carbons (Fsp3) is 0.636. The molecule has 0 saturated carbocycles. The van der Waals surface area contributed by atoms with Crippen molar-refractivity contribution in [2.75, 3.05) is 26.0 Å². The van der Waals surface area contributed by atoms with Crippen LogP contribution in [0.3, 0.4) is 0 Å². The van der Waals surface area contributed by atoms with Crippen LogP contribution in [0, 0.1) is 6.92 Å². The maximum absolute atomic E-state index is 12.2. The van der Waals surface area contributed by atoms with E-state index in [9.17, 15) is 13.2 Å². The second kappa shape index (κ2) is 5.51.